The summed E-state index contributed by atoms with van der Waals surface area (Å²) in [6, 6.07) is 14.4. The molecule has 4 aromatic rings. The van der Waals surface area contributed by atoms with Gasteiger partial charge in [0.2, 0.25) is 0 Å². The molecule has 0 unspecified atom stereocenters. The van der Waals surface area contributed by atoms with Gasteiger partial charge in [0.25, 0.3) is 5.65 Å². The first-order valence-electron chi connectivity index (χ1n) is 6.21. The maximum absolute atomic E-state index is 4.67. The van der Waals surface area contributed by atoms with Gasteiger partial charge >= 0.3 is 0 Å². The molecule has 4 heteroatoms. The van der Waals surface area contributed by atoms with E-state index in [1.807, 2.05) is 24.4 Å². The zero-order chi connectivity index (χ0) is 12.7. The van der Waals surface area contributed by atoms with E-state index in [1.165, 1.54) is 10.4 Å². The Balaban J connectivity index is 1.73. The number of benzene rings is 1. The lowest BCUT2D eigenvalue weighted by molar-refractivity contribution is -0.510. The lowest BCUT2D eigenvalue weighted by atomic mass is 10.3. The molecule has 0 fully saturated rings. The summed E-state index contributed by atoms with van der Waals surface area (Å²) in [4.78, 5) is 8.09. The molecule has 92 valence electrons. The molecule has 3 heterocycles. The lowest BCUT2D eigenvalue weighted by Gasteiger charge is -1.85. The summed E-state index contributed by atoms with van der Waals surface area (Å²) >= 11 is 1.76. The van der Waals surface area contributed by atoms with Crippen LogP contribution in [-0.2, 0) is 6.42 Å². The van der Waals surface area contributed by atoms with Crippen LogP contribution in [-0.4, -0.2) is 9.97 Å². The first-order valence-corrected chi connectivity index (χ1v) is 7.02. The summed E-state index contributed by atoms with van der Waals surface area (Å²) in [5.41, 5.74) is 3.38. The zero-order valence-corrected chi connectivity index (χ0v) is 11.0. The Morgan fingerprint density at radius 2 is 2.00 bits per heavy atom. The minimum Gasteiger partial charge on any atom is -0.241 e. The molecule has 0 radical (unpaired) electrons. The van der Waals surface area contributed by atoms with Crippen molar-refractivity contribution >= 4 is 27.2 Å². The average Bonchev–Trinajstić information content (AvgIpc) is 3.00. The third kappa shape index (κ3) is 1.90. The molecule has 0 aliphatic carbocycles. The number of thiazole rings is 1. The van der Waals surface area contributed by atoms with E-state index in [1.54, 1.807) is 11.3 Å². The normalized spacial score (nSPS) is 11.4. The smallest absolute Gasteiger partial charge is 0.241 e. The minimum atomic E-state index is 0.848. The number of aromatic nitrogens is 3. The van der Waals surface area contributed by atoms with Gasteiger partial charge in [-0.1, -0.05) is 18.2 Å². The van der Waals surface area contributed by atoms with Crippen molar-refractivity contribution in [3.05, 3.63) is 65.6 Å². The molecule has 0 atom stereocenters. The molecule has 0 saturated heterocycles. The Kier molecular flexibility index (Phi) is 2.35. The van der Waals surface area contributed by atoms with Gasteiger partial charge < -0.3 is 0 Å². The summed E-state index contributed by atoms with van der Waals surface area (Å²) in [5, 5.41) is 1.15. The number of hydrogen-bond donors (Lipinski definition) is 1. The van der Waals surface area contributed by atoms with Crippen molar-refractivity contribution in [3.8, 4) is 0 Å². The van der Waals surface area contributed by atoms with E-state index >= 15 is 0 Å². The van der Waals surface area contributed by atoms with E-state index in [0.717, 1.165) is 22.6 Å². The number of nitrogens with zero attached hydrogens (tertiary/aromatic N) is 2. The van der Waals surface area contributed by atoms with Crippen molar-refractivity contribution in [1.29, 1.82) is 0 Å². The number of para-hydroxylation sites is 1. The third-order valence-corrected chi connectivity index (χ3v) is 4.19. The monoisotopic (exact) mass is 266 g/mol. The van der Waals surface area contributed by atoms with Crippen molar-refractivity contribution in [2.75, 3.05) is 0 Å². The second kappa shape index (κ2) is 4.17. The van der Waals surface area contributed by atoms with Gasteiger partial charge in [0.1, 0.15) is 16.9 Å². The molecule has 1 aromatic carbocycles. The van der Waals surface area contributed by atoms with Crippen molar-refractivity contribution in [2.45, 2.75) is 6.42 Å². The van der Waals surface area contributed by atoms with Crippen molar-refractivity contribution < 1.29 is 4.40 Å². The molecular formula is C15H12N3S+. The van der Waals surface area contributed by atoms with Crippen LogP contribution in [0.5, 0.6) is 0 Å². The number of rotatable bonds is 2. The summed E-state index contributed by atoms with van der Waals surface area (Å²) in [6.07, 6.45) is 5.02. The highest BCUT2D eigenvalue weighted by Gasteiger charge is 2.11. The van der Waals surface area contributed by atoms with E-state index < -0.39 is 0 Å². The highest BCUT2D eigenvalue weighted by Crippen LogP contribution is 2.23. The van der Waals surface area contributed by atoms with E-state index in [2.05, 4.69) is 44.8 Å². The van der Waals surface area contributed by atoms with Gasteiger partial charge in [-0.3, -0.25) is 0 Å². The van der Waals surface area contributed by atoms with Crippen LogP contribution < -0.4 is 4.40 Å². The van der Waals surface area contributed by atoms with Crippen LogP contribution in [0.15, 0.2) is 54.9 Å². The predicted octanol–water partition coefficient (Wildman–Crippen LogP) is 2.95. The number of fused-ring (bicyclic) bond motifs is 2. The summed E-state index contributed by atoms with van der Waals surface area (Å²) in [5.74, 6) is 0. The second-order valence-corrected chi connectivity index (χ2v) is 5.64. The third-order valence-electron chi connectivity index (χ3n) is 3.15. The van der Waals surface area contributed by atoms with Crippen molar-refractivity contribution in [2.24, 2.45) is 0 Å². The lowest BCUT2D eigenvalue weighted by Crippen LogP contribution is -2.16. The molecule has 0 amide bonds. The van der Waals surface area contributed by atoms with E-state index in [9.17, 15) is 0 Å². The van der Waals surface area contributed by atoms with Crippen LogP contribution in [0.2, 0.25) is 0 Å². The van der Waals surface area contributed by atoms with E-state index in [4.69, 9.17) is 0 Å². The van der Waals surface area contributed by atoms with Crippen LogP contribution in [0.4, 0.5) is 0 Å². The highest BCUT2D eigenvalue weighted by atomic mass is 32.1. The fourth-order valence-corrected chi connectivity index (χ4v) is 3.28. The molecular weight excluding hydrogens is 254 g/mol. The zero-order valence-electron chi connectivity index (χ0n) is 10.2. The van der Waals surface area contributed by atoms with Gasteiger partial charge in [-0.15, -0.1) is 11.3 Å². The SMILES string of the molecule is c1ccc2sc(Cc3c[n+]4ccccc4[nH]3)nc2c1. The highest BCUT2D eigenvalue weighted by molar-refractivity contribution is 7.18. The van der Waals surface area contributed by atoms with Crippen LogP contribution in [0.1, 0.15) is 10.7 Å². The van der Waals surface area contributed by atoms with Gasteiger partial charge in [0.15, 0.2) is 0 Å². The number of H-pyrrole nitrogens is 1. The van der Waals surface area contributed by atoms with Crippen molar-refractivity contribution in [3.63, 3.8) is 0 Å². The number of nitrogens with one attached hydrogen (secondary N) is 1. The Morgan fingerprint density at radius 3 is 2.89 bits per heavy atom. The summed E-state index contributed by atoms with van der Waals surface area (Å²) in [6.45, 7) is 0. The van der Waals surface area contributed by atoms with Crippen molar-refractivity contribution in [1.82, 2.24) is 9.97 Å². The molecule has 3 aromatic heterocycles. The van der Waals surface area contributed by atoms with Gasteiger partial charge in [0.05, 0.1) is 22.8 Å². The molecule has 0 aliphatic rings. The molecule has 4 rings (SSSR count). The van der Waals surface area contributed by atoms with E-state index in [0.29, 0.717) is 0 Å². The molecule has 0 spiro atoms. The van der Waals surface area contributed by atoms with Crippen LogP contribution in [0, 0.1) is 0 Å². The quantitative estimate of drug-likeness (QED) is 0.556. The topological polar surface area (TPSA) is 32.8 Å². The summed E-state index contributed by atoms with van der Waals surface area (Å²) < 4.78 is 3.35. The summed E-state index contributed by atoms with van der Waals surface area (Å²) in [7, 11) is 0. The molecule has 0 aliphatic heterocycles. The standard InChI is InChI=1S/C15H11N3S/c1-2-6-13-12(5-1)17-15(19-13)9-11-10-18-8-4-3-7-14(18)16-11/h1-8,10H,9H2/p+1. The Labute approximate surface area is 114 Å². The Bertz CT molecular complexity index is 722. The second-order valence-electron chi connectivity index (χ2n) is 4.52. The fourth-order valence-electron chi connectivity index (χ4n) is 2.29. The Morgan fingerprint density at radius 1 is 1.11 bits per heavy atom. The molecule has 1 N–H and O–H groups in total. The van der Waals surface area contributed by atoms with Gasteiger partial charge in [-0.25, -0.2) is 14.4 Å². The molecule has 3 nitrogen and oxygen atoms in total. The number of imidazole rings is 1. The molecule has 19 heavy (non-hydrogen) atoms. The minimum absolute atomic E-state index is 0.848. The number of aromatic amines is 1. The molecule has 0 saturated carbocycles. The van der Waals surface area contributed by atoms with Gasteiger partial charge in [0, 0.05) is 6.07 Å². The average molecular weight is 266 g/mol. The maximum atomic E-state index is 4.67. The van der Waals surface area contributed by atoms with Gasteiger partial charge in [-0.2, -0.15) is 0 Å². The van der Waals surface area contributed by atoms with Crippen LogP contribution in [0.3, 0.4) is 0 Å². The van der Waals surface area contributed by atoms with Crippen LogP contribution in [0.25, 0.3) is 15.9 Å². The van der Waals surface area contributed by atoms with E-state index in [-0.39, 0.29) is 0 Å². The van der Waals surface area contributed by atoms with Crippen LogP contribution >= 0.6 is 11.3 Å². The first-order chi connectivity index (χ1) is 9.38. The predicted molar refractivity (Wildman–Crippen MR) is 76.4 cm³/mol. The largest absolute Gasteiger partial charge is 0.284 e. The number of pyridine rings is 1. The first kappa shape index (κ1) is 10.7. The Hall–Kier alpha value is -2.20. The van der Waals surface area contributed by atoms with Gasteiger partial charge in [-0.05, 0) is 18.2 Å². The fraction of sp³-hybridized carbons (Fsp3) is 0.0667. The molecule has 0 bridgehead atoms. The maximum Gasteiger partial charge on any atom is 0.284 e. The number of hydrogen-bond acceptors (Lipinski definition) is 2.